The summed E-state index contributed by atoms with van der Waals surface area (Å²) in [5, 5.41) is 12.8. The molecule has 1 aliphatic rings. The van der Waals surface area contributed by atoms with Gasteiger partial charge in [-0.1, -0.05) is 30.1 Å². The van der Waals surface area contributed by atoms with Crippen molar-refractivity contribution in [1.82, 2.24) is 5.32 Å². The summed E-state index contributed by atoms with van der Waals surface area (Å²) in [5.41, 5.74) is -0.965. The summed E-state index contributed by atoms with van der Waals surface area (Å²) in [6.45, 7) is 2.09. The van der Waals surface area contributed by atoms with E-state index in [0.717, 1.165) is 12.8 Å². The quantitative estimate of drug-likeness (QED) is 0.887. The van der Waals surface area contributed by atoms with Gasteiger partial charge in [-0.05, 0) is 49.8 Å². The Labute approximate surface area is 133 Å². The van der Waals surface area contributed by atoms with Crippen LogP contribution >= 0.6 is 23.2 Å². The molecular weight excluding hydrogens is 313 g/mol. The van der Waals surface area contributed by atoms with Crippen molar-refractivity contribution in [3.05, 3.63) is 33.8 Å². The monoisotopic (exact) mass is 329 g/mol. The van der Waals surface area contributed by atoms with Crippen LogP contribution in [0.2, 0.25) is 10.0 Å². The highest BCUT2D eigenvalue weighted by Crippen LogP contribution is 2.33. The molecule has 114 valence electrons. The number of halogens is 2. The van der Waals surface area contributed by atoms with E-state index in [1.807, 2.05) is 0 Å². The molecule has 1 saturated carbocycles. The maximum absolute atomic E-state index is 12.3. The van der Waals surface area contributed by atoms with Crippen LogP contribution in [0.5, 0.6) is 0 Å². The molecule has 1 fully saturated rings. The standard InChI is InChI=1S/C15H17Cl2NO3/c1-9-4-6-15(7-5-9,14(20)21)18-13(19)11-3-2-10(16)8-12(11)17/h2-3,8-9H,4-7H2,1H3,(H,18,19)(H,20,21). The van der Waals surface area contributed by atoms with Crippen molar-refractivity contribution in [2.24, 2.45) is 5.92 Å². The first-order valence-electron chi connectivity index (χ1n) is 6.85. The maximum atomic E-state index is 12.3. The molecular formula is C15H17Cl2NO3. The van der Waals surface area contributed by atoms with Gasteiger partial charge in [0.25, 0.3) is 5.91 Å². The molecule has 0 bridgehead atoms. The number of nitrogens with one attached hydrogen (secondary N) is 1. The molecule has 0 unspecified atom stereocenters. The summed E-state index contributed by atoms with van der Waals surface area (Å²) in [6.07, 6.45) is 2.42. The Morgan fingerprint density at radius 1 is 1.29 bits per heavy atom. The Morgan fingerprint density at radius 3 is 2.43 bits per heavy atom. The SMILES string of the molecule is CC1CCC(NC(=O)c2ccc(Cl)cc2Cl)(C(=O)O)CC1. The lowest BCUT2D eigenvalue weighted by Crippen LogP contribution is -2.56. The number of rotatable bonds is 3. The summed E-state index contributed by atoms with van der Waals surface area (Å²) in [6, 6.07) is 4.52. The molecule has 0 spiro atoms. The lowest BCUT2D eigenvalue weighted by molar-refractivity contribution is -0.146. The molecule has 1 amide bonds. The van der Waals surface area contributed by atoms with E-state index in [2.05, 4.69) is 12.2 Å². The second-order valence-electron chi connectivity index (χ2n) is 5.65. The van der Waals surface area contributed by atoms with Crippen molar-refractivity contribution >= 4 is 35.1 Å². The van der Waals surface area contributed by atoms with Crippen LogP contribution in [0, 0.1) is 5.92 Å². The molecule has 2 rings (SSSR count). The number of hydrogen-bond acceptors (Lipinski definition) is 2. The van der Waals surface area contributed by atoms with Crippen LogP contribution in [0.1, 0.15) is 43.0 Å². The molecule has 1 aliphatic carbocycles. The first kappa shape index (κ1) is 16.1. The second-order valence-corrected chi connectivity index (χ2v) is 6.49. The first-order valence-corrected chi connectivity index (χ1v) is 7.60. The summed E-state index contributed by atoms with van der Waals surface area (Å²) in [7, 11) is 0. The van der Waals surface area contributed by atoms with Crippen LogP contribution in [-0.2, 0) is 4.79 Å². The van der Waals surface area contributed by atoms with Crippen LogP contribution in [0.3, 0.4) is 0 Å². The average Bonchev–Trinajstić information content (AvgIpc) is 2.41. The van der Waals surface area contributed by atoms with E-state index in [4.69, 9.17) is 23.2 Å². The third-order valence-electron chi connectivity index (χ3n) is 4.07. The molecule has 1 aromatic carbocycles. The average molecular weight is 330 g/mol. The second kappa shape index (κ2) is 6.24. The zero-order chi connectivity index (χ0) is 15.6. The zero-order valence-electron chi connectivity index (χ0n) is 11.7. The van der Waals surface area contributed by atoms with Gasteiger partial charge in [-0.2, -0.15) is 0 Å². The fraction of sp³-hybridized carbons (Fsp3) is 0.467. The molecule has 0 atom stereocenters. The van der Waals surface area contributed by atoms with E-state index in [1.165, 1.54) is 12.1 Å². The maximum Gasteiger partial charge on any atom is 0.329 e. The number of carbonyl (C=O) groups is 2. The van der Waals surface area contributed by atoms with Crippen molar-refractivity contribution < 1.29 is 14.7 Å². The van der Waals surface area contributed by atoms with Crippen LogP contribution in [0.4, 0.5) is 0 Å². The van der Waals surface area contributed by atoms with Gasteiger partial charge >= 0.3 is 5.97 Å². The predicted molar refractivity (Wildman–Crippen MR) is 81.9 cm³/mol. The third kappa shape index (κ3) is 3.50. The molecule has 0 aliphatic heterocycles. The normalized spacial score (nSPS) is 25.4. The highest BCUT2D eigenvalue weighted by molar-refractivity contribution is 6.36. The molecule has 0 heterocycles. The highest BCUT2D eigenvalue weighted by Gasteiger charge is 2.42. The van der Waals surface area contributed by atoms with Crippen LogP contribution in [0.15, 0.2) is 18.2 Å². The van der Waals surface area contributed by atoms with E-state index in [1.54, 1.807) is 6.07 Å². The smallest absolute Gasteiger partial charge is 0.329 e. The summed E-state index contributed by atoms with van der Waals surface area (Å²) < 4.78 is 0. The number of carboxylic acid groups (broad SMARTS) is 1. The Balaban J connectivity index is 2.21. The molecule has 0 radical (unpaired) electrons. The van der Waals surface area contributed by atoms with Gasteiger partial charge in [0.05, 0.1) is 10.6 Å². The van der Waals surface area contributed by atoms with Gasteiger partial charge in [0, 0.05) is 5.02 Å². The van der Waals surface area contributed by atoms with E-state index in [-0.39, 0.29) is 10.6 Å². The summed E-state index contributed by atoms with van der Waals surface area (Å²) in [5.74, 6) is -0.991. The van der Waals surface area contributed by atoms with E-state index in [0.29, 0.717) is 23.8 Å². The molecule has 21 heavy (non-hydrogen) atoms. The van der Waals surface area contributed by atoms with Crippen molar-refractivity contribution in [3.63, 3.8) is 0 Å². The van der Waals surface area contributed by atoms with Crippen molar-refractivity contribution in [3.8, 4) is 0 Å². The van der Waals surface area contributed by atoms with Crippen molar-refractivity contribution in [1.29, 1.82) is 0 Å². The molecule has 0 saturated heterocycles. The summed E-state index contributed by atoms with van der Waals surface area (Å²) in [4.78, 5) is 24.0. The Morgan fingerprint density at radius 2 is 1.90 bits per heavy atom. The zero-order valence-corrected chi connectivity index (χ0v) is 13.2. The Hall–Kier alpha value is -1.26. The van der Waals surface area contributed by atoms with E-state index >= 15 is 0 Å². The predicted octanol–water partition coefficient (Wildman–Crippen LogP) is 3.76. The summed E-state index contributed by atoms with van der Waals surface area (Å²) >= 11 is 11.8. The molecule has 4 nitrogen and oxygen atoms in total. The van der Waals surface area contributed by atoms with Crippen LogP contribution in [-0.4, -0.2) is 22.5 Å². The minimum absolute atomic E-state index is 0.213. The van der Waals surface area contributed by atoms with Gasteiger partial charge in [0.2, 0.25) is 0 Å². The minimum Gasteiger partial charge on any atom is -0.480 e. The number of amides is 1. The lowest BCUT2D eigenvalue weighted by atomic mass is 9.77. The molecule has 6 heteroatoms. The van der Waals surface area contributed by atoms with Gasteiger partial charge in [0.15, 0.2) is 0 Å². The van der Waals surface area contributed by atoms with Crippen LogP contribution in [0.25, 0.3) is 0 Å². The molecule has 0 aromatic heterocycles. The number of carboxylic acids is 1. The van der Waals surface area contributed by atoms with Gasteiger partial charge < -0.3 is 10.4 Å². The van der Waals surface area contributed by atoms with E-state index < -0.39 is 17.4 Å². The first-order chi connectivity index (χ1) is 9.84. The fourth-order valence-electron chi connectivity index (χ4n) is 2.61. The Bertz CT molecular complexity index is 566. The van der Waals surface area contributed by atoms with E-state index in [9.17, 15) is 14.7 Å². The number of aliphatic carboxylic acids is 1. The number of carbonyl (C=O) groups excluding carboxylic acids is 1. The van der Waals surface area contributed by atoms with Crippen molar-refractivity contribution in [2.75, 3.05) is 0 Å². The fourth-order valence-corrected chi connectivity index (χ4v) is 3.10. The largest absolute Gasteiger partial charge is 0.480 e. The van der Waals surface area contributed by atoms with Crippen LogP contribution < -0.4 is 5.32 Å². The number of benzene rings is 1. The van der Waals surface area contributed by atoms with Crippen molar-refractivity contribution in [2.45, 2.75) is 38.1 Å². The molecule has 2 N–H and O–H groups in total. The van der Waals surface area contributed by atoms with Gasteiger partial charge in [-0.25, -0.2) is 4.79 Å². The van der Waals surface area contributed by atoms with Gasteiger partial charge in [0.1, 0.15) is 5.54 Å². The molecule has 1 aromatic rings. The third-order valence-corrected chi connectivity index (χ3v) is 4.61. The minimum atomic E-state index is -1.20. The van der Waals surface area contributed by atoms with Gasteiger partial charge in [-0.3, -0.25) is 4.79 Å². The Kier molecular flexibility index (Phi) is 4.79. The lowest BCUT2D eigenvalue weighted by Gasteiger charge is -2.36. The van der Waals surface area contributed by atoms with Gasteiger partial charge in [-0.15, -0.1) is 0 Å². The topological polar surface area (TPSA) is 66.4 Å². The number of hydrogen-bond donors (Lipinski definition) is 2. The highest BCUT2D eigenvalue weighted by atomic mass is 35.5.